The molecule has 1 fully saturated rings. The molecular weight excluding hydrogens is 236 g/mol. The van der Waals surface area contributed by atoms with Crippen molar-refractivity contribution in [3.8, 4) is 0 Å². The Kier molecular flexibility index (Phi) is 5.67. The third-order valence-electron chi connectivity index (χ3n) is 3.64. The molecule has 2 rings (SSSR count). The summed E-state index contributed by atoms with van der Waals surface area (Å²) in [7, 11) is 0. The SMILES string of the molecule is CCCCN(CCO)c1ccccc1CNC1CC1. The Balaban J connectivity index is 2.04. The summed E-state index contributed by atoms with van der Waals surface area (Å²) in [5.74, 6) is 0. The van der Waals surface area contributed by atoms with Crippen LogP contribution < -0.4 is 10.2 Å². The van der Waals surface area contributed by atoms with Crippen molar-refractivity contribution in [1.29, 1.82) is 0 Å². The Morgan fingerprint density at radius 2 is 2.05 bits per heavy atom. The van der Waals surface area contributed by atoms with Crippen LogP contribution in [0.15, 0.2) is 24.3 Å². The molecule has 1 saturated carbocycles. The molecule has 0 unspecified atom stereocenters. The molecule has 2 N–H and O–H groups in total. The lowest BCUT2D eigenvalue weighted by Gasteiger charge is -2.26. The van der Waals surface area contributed by atoms with Gasteiger partial charge in [0.1, 0.15) is 0 Å². The van der Waals surface area contributed by atoms with Crippen LogP contribution in [0.2, 0.25) is 0 Å². The number of benzene rings is 1. The lowest BCUT2D eigenvalue weighted by Crippen LogP contribution is -2.29. The number of hydrogen-bond acceptors (Lipinski definition) is 3. The fourth-order valence-corrected chi connectivity index (χ4v) is 2.33. The molecule has 0 spiro atoms. The minimum absolute atomic E-state index is 0.216. The molecular formula is C16H26N2O. The highest BCUT2D eigenvalue weighted by Crippen LogP contribution is 2.24. The van der Waals surface area contributed by atoms with Gasteiger partial charge in [0.25, 0.3) is 0 Å². The van der Waals surface area contributed by atoms with Crippen molar-refractivity contribution in [2.24, 2.45) is 0 Å². The second kappa shape index (κ2) is 7.51. The molecule has 19 heavy (non-hydrogen) atoms. The summed E-state index contributed by atoms with van der Waals surface area (Å²) in [6.07, 6.45) is 4.99. The first-order valence-corrected chi connectivity index (χ1v) is 7.52. The largest absolute Gasteiger partial charge is 0.395 e. The van der Waals surface area contributed by atoms with Crippen molar-refractivity contribution in [2.75, 3.05) is 24.6 Å². The van der Waals surface area contributed by atoms with Crippen molar-refractivity contribution in [3.05, 3.63) is 29.8 Å². The number of nitrogens with one attached hydrogen (secondary N) is 1. The Labute approximate surface area is 116 Å². The highest BCUT2D eigenvalue weighted by Gasteiger charge is 2.20. The van der Waals surface area contributed by atoms with Gasteiger partial charge in [-0.25, -0.2) is 0 Å². The molecule has 0 heterocycles. The number of anilines is 1. The van der Waals surface area contributed by atoms with Gasteiger partial charge in [0.2, 0.25) is 0 Å². The molecule has 1 aliphatic rings. The summed E-state index contributed by atoms with van der Waals surface area (Å²) in [6, 6.07) is 9.29. The van der Waals surface area contributed by atoms with Gasteiger partial charge in [-0.05, 0) is 30.9 Å². The molecule has 3 heteroatoms. The molecule has 3 nitrogen and oxygen atoms in total. The van der Waals surface area contributed by atoms with E-state index in [-0.39, 0.29) is 6.61 Å². The molecule has 0 radical (unpaired) electrons. The van der Waals surface area contributed by atoms with E-state index in [1.165, 1.54) is 36.9 Å². The van der Waals surface area contributed by atoms with Gasteiger partial charge in [0.15, 0.2) is 0 Å². The van der Waals surface area contributed by atoms with E-state index < -0.39 is 0 Å². The van der Waals surface area contributed by atoms with Crippen LogP contribution in [0.25, 0.3) is 0 Å². The van der Waals surface area contributed by atoms with Crippen LogP contribution in [0.5, 0.6) is 0 Å². The second-order valence-electron chi connectivity index (χ2n) is 5.35. The van der Waals surface area contributed by atoms with Crippen molar-refractivity contribution in [1.82, 2.24) is 5.32 Å². The standard InChI is InChI=1S/C16H26N2O/c1-2-3-10-18(11-12-19)16-7-5-4-6-14(16)13-17-15-8-9-15/h4-7,15,17,19H,2-3,8-13H2,1H3. The molecule has 0 aliphatic heterocycles. The number of rotatable bonds is 9. The van der Waals surface area contributed by atoms with Crippen molar-refractivity contribution >= 4 is 5.69 Å². The minimum Gasteiger partial charge on any atom is -0.395 e. The fraction of sp³-hybridized carbons (Fsp3) is 0.625. The Hall–Kier alpha value is -1.06. The molecule has 106 valence electrons. The minimum atomic E-state index is 0.216. The molecule has 0 amide bonds. The van der Waals surface area contributed by atoms with E-state index in [0.717, 1.165) is 25.7 Å². The van der Waals surface area contributed by atoms with E-state index in [4.69, 9.17) is 0 Å². The molecule has 1 aliphatic carbocycles. The third kappa shape index (κ3) is 4.51. The van der Waals surface area contributed by atoms with E-state index in [0.29, 0.717) is 0 Å². The van der Waals surface area contributed by atoms with E-state index >= 15 is 0 Å². The number of para-hydroxylation sites is 1. The first-order valence-electron chi connectivity index (χ1n) is 7.52. The van der Waals surface area contributed by atoms with Crippen LogP contribution in [-0.2, 0) is 6.54 Å². The van der Waals surface area contributed by atoms with Crippen LogP contribution in [0.4, 0.5) is 5.69 Å². The molecule has 0 saturated heterocycles. The summed E-state index contributed by atoms with van der Waals surface area (Å²) < 4.78 is 0. The smallest absolute Gasteiger partial charge is 0.0606 e. The Bertz CT molecular complexity index is 377. The van der Waals surface area contributed by atoms with Gasteiger partial charge in [0, 0.05) is 31.4 Å². The van der Waals surface area contributed by atoms with Crippen molar-refractivity contribution < 1.29 is 5.11 Å². The molecule has 0 bridgehead atoms. The van der Waals surface area contributed by atoms with Crippen molar-refractivity contribution in [3.63, 3.8) is 0 Å². The van der Waals surface area contributed by atoms with Crippen LogP contribution in [0.3, 0.4) is 0 Å². The van der Waals surface area contributed by atoms with Crippen LogP contribution in [0.1, 0.15) is 38.2 Å². The van der Waals surface area contributed by atoms with E-state index in [1.807, 2.05) is 0 Å². The van der Waals surface area contributed by atoms with Gasteiger partial charge in [-0.2, -0.15) is 0 Å². The lowest BCUT2D eigenvalue weighted by molar-refractivity contribution is 0.301. The molecule has 1 aromatic rings. The van der Waals surface area contributed by atoms with Crippen LogP contribution in [-0.4, -0.2) is 30.8 Å². The summed E-state index contributed by atoms with van der Waals surface area (Å²) >= 11 is 0. The average molecular weight is 262 g/mol. The summed E-state index contributed by atoms with van der Waals surface area (Å²) in [6.45, 7) is 5.11. The highest BCUT2D eigenvalue weighted by molar-refractivity contribution is 5.53. The number of hydrogen-bond donors (Lipinski definition) is 2. The van der Waals surface area contributed by atoms with E-state index in [9.17, 15) is 5.11 Å². The summed E-state index contributed by atoms with van der Waals surface area (Å²) in [5, 5.41) is 12.8. The fourth-order valence-electron chi connectivity index (χ4n) is 2.33. The number of nitrogens with zero attached hydrogens (tertiary/aromatic N) is 1. The van der Waals surface area contributed by atoms with Gasteiger partial charge in [0.05, 0.1) is 6.61 Å². The van der Waals surface area contributed by atoms with Gasteiger partial charge >= 0.3 is 0 Å². The number of aliphatic hydroxyl groups excluding tert-OH is 1. The number of unbranched alkanes of at least 4 members (excludes halogenated alkanes) is 1. The molecule has 1 aromatic carbocycles. The zero-order valence-corrected chi connectivity index (χ0v) is 11.9. The van der Waals surface area contributed by atoms with Gasteiger partial charge in [-0.1, -0.05) is 31.5 Å². The van der Waals surface area contributed by atoms with E-state index in [1.54, 1.807) is 0 Å². The maximum Gasteiger partial charge on any atom is 0.0606 e. The monoisotopic (exact) mass is 262 g/mol. The van der Waals surface area contributed by atoms with Gasteiger partial charge in [-0.15, -0.1) is 0 Å². The maximum atomic E-state index is 9.26. The second-order valence-corrected chi connectivity index (χ2v) is 5.35. The predicted octanol–water partition coefficient (Wildman–Crippen LogP) is 2.54. The summed E-state index contributed by atoms with van der Waals surface area (Å²) in [5.41, 5.74) is 2.62. The quantitative estimate of drug-likeness (QED) is 0.718. The van der Waals surface area contributed by atoms with Gasteiger partial charge in [-0.3, -0.25) is 0 Å². The zero-order valence-electron chi connectivity index (χ0n) is 11.9. The van der Waals surface area contributed by atoms with Crippen LogP contribution >= 0.6 is 0 Å². The van der Waals surface area contributed by atoms with Gasteiger partial charge < -0.3 is 15.3 Å². The Morgan fingerprint density at radius 3 is 2.74 bits per heavy atom. The first kappa shape index (κ1) is 14.4. The summed E-state index contributed by atoms with van der Waals surface area (Å²) in [4.78, 5) is 2.31. The topological polar surface area (TPSA) is 35.5 Å². The first-order chi connectivity index (χ1) is 9.35. The Morgan fingerprint density at radius 1 is 1.26 bits per heavy atom. The van der Waals surface area contributed by atoms with Crippen LogP contribution in [0, 0.1) is 0 Å². The maximum absolute atomic E-state index is 9.26. The molecule has 0 aromatic heterocycles. The van der Waals surface area contributed by atoms with Crippen molar-refractivity contribution in [2.45, 2.75) is 45.2 Å². The highest BCUT2D eigenvalue weighted by atomic mass is 16.3. The predicted molar refractivity (Wildman–Crippen MR) is 80.5 cm³/mol. The molecule has 0 atom stereocenters. The zero-order chi connectivity index (χ0) is 13.5. The van der Waals surface area contributed by atoms with E-state index in [2.05, 4.69) is 41.4 Å². The lowest BCUT2D eigenvalue weighted by atomic mass is 10.1. The number of aliphatic hydroxyl groups is 1. The average Bonchev–Trinajstić information content (AvgIpc) is 3.26. The third-order valence-corrected chi connectivity index (χ3v) is 3.64. The normalized spacial score (nSPS) is 14.6.